The van der Waals surface area contributed by atoms with Crippen LogP contribution in [0.5, 0.6) is 11.5 Å². The minimum Gasteiger partial charge on any atom is -0.493 e. The lowest BCUT2D eigenvalue weighted by Crippen LogP contribution is -2.39. The molecule has 2 aromatic rings. The number of likely N-dealkylation sites (tertiary alicyclic amines) is 1. The molecule has 1 atom stereocenters. The molecule has 0 aliphatic carbocycles. The van der Waals surface area contributed by atoms with Crippen molar-refractivity contribution in [2.45, 2.75) is 19.8 Å². The number of ether oxygens (including phenoxy) is 2. The Morgan fingerprint density at radius 1 is 0.933 bits per heavy atom. The average molecular weight is 406 g/mol. The lowest BCUT2D eigenvalue weighted by atomic mass is 9.97. The molecule has 2 aliphatic rings. The highest BCUT2D eigenvalue weighted by Gasteiger charge is 2.43. The standard InChI is InChI=1S/C24H26N2O4/c1-16-8-7-13-25(15-16)22-21(17-11-12-19(29-2)20(14-17)30-3)23(27)26(24(22)28)18-9-5-4-6-10-18/h4-6,9-12,14,16H,7-8,13,15H2,1-3H3. The molecular weight excluding hydrogens is 380 g/mol. The summed E-state index contributed by atoms with van der Waals surface area (Å²) in [7, 11) is 3.12. The summed E-state index contributed by atoms with van der Waals surface area (Å²) in [6.07, 6.45) is 2.12. The first-order valence-corrected chi connectivity index (χ1v) is 10.2. The number of imide groups is 1. The van der Waals surface area contributed by atoms with Crippen molar-refractivity contribution in [3.8, 4) is 11.5 Å². The lowest BCUT2D eigenvalue weighted by Gasteiger charge is -2.33. The Morgan fingerprint density at radius 2 is 1.67 bits per heavy atom. The van der Waals surface area contributed by atoms with Crippen LogP contribution in [0.25, 0.3) is 5.57 Å². The molecule has 0 bridgehead atoms. The Kier molecular flexibility index (Phi) is 5.48. The van der Waals surface area contributed by atoms with Crippen molar-refractivity contribution in [1.82, 2.24) is 4.90 Å². The van der Waals surface area contributed by atoms with E-state index in [2.05, 4.69) is 11.8 Å². The topological polar surface area (TPSA) is 59.1 Å². The molecule has 2 aromatic carbocycles. The number of hydrogen-bond acceptors (Lipinski definition) is 5. The Balaban J connectivity index is 1.85. The highest BCUT2D eigenvalue weighted by atomic mass is 16.5. The molecular formula is C24H26N2O4. The van der Waals surface area contributed by atoms with E-state index in [1.165, 1.54) is 4.90 Å². The molecule has 4 rings (SSSR count). The molecule has 0 radical (unpaired) electrons. The van der Waals surface area contributed by atoms with Gasteiger partial charge in [0.25, 0.3) is 11.8 Å². The van der Waals surface area contributed by atoms with Crippen LogP contribution in [0.4, 0.5) is 5.69 Å². The molecule has 0 spiro atoms. The SMILES string of the molecule is COc1ccc(C2=C(N3CCCC(C)C3)C(=O)N(c3ccccc3)C2=O)cc1OC. The number of methoxy groups -OCH3 is 2. The van der Waals surface area contributed by atoms with Crippen LogP contribution >= 0.6 is 0 Å². The van der Waals surface area contributed by atoms with E-state index in [0.717, 1.165) is 25.9 Å². The third kappa shape index (κ3) is 3.43. The summed E-state index contributed by atoms with van der Waals surface area (Å²) in [4.78, 5) is 30.4. The summed E-state index contributed by atoms with van der Waals surface area (Å²) < 4.78 is 10.8. The van der Waals surface area contributed by atoms with E-state index in [4.69, 9.17) is 9.47 Å². The minimum absolute atomic E-state index is 0.273. The van der Waals surface area contributed by atoms with Crippen LogP contribution in [-0.4, -0.2) is 44.0 Å². The highest BCUT2D eigenvalue weighted by Crippen LogP contribution is 2.39. The van der Waals surface area contributed by atoms with Gasteiger partial charge in [-0.2, -0.15) is 0 Å². The first-order valence-electron chi connectivity index (χ1n) is 10.2. The average Bonchev–Trinajstić information content (AvgIpc) is 3.03. The number of piperidine rings is 1. The number of amides is 2. The van der Waals surface area contributed by atoms with E-state index >= 15 is 0 Å². The molecule has 0 saturated carbocycles. The van der Waals surface area contributed by atoms with Crippen molar-refractivity contribution in [3.05, 3.63) is 59.8 Å². The molecule has 1 unspecified atom stereocenters. The molecule has 156 valence electrons. The van der Waals surface area contributed by atoms with E-state index in [9.17, 15) is 9.59 Å². The van der Waals surface area contributed by atoms with Crippen LogP contribution in [0.3, 0.4) is 0 Å². The molecule has 30 heavy (non-hydrogen) atoms. The number of anilines is 1. The van der Waals surface area contributed by atoms with Crippen molar-refractivity contribution < 1.29 is 19.1 Å². The fourth-order valence-corrected chi connectivity index (χ4v) is 4.27. The van der Waals surface area contributed by atoms with Gasteiger partial charge in [-0.25, -0.2) is 4.90 Å². The van der Waals surface area contributed by atoms with Gasteiger partial charge in [0.1, 0.15) is 5.70 Å². The van der Waals surface area contributed by atoms with Crippen LogP contribution in [-0.2, 0) is 9.59 Å². The zero-order valence-corrected chi connectivity index (χ0v) is 17.6. The van der Waals surface area contributed by atoms with Crippen LogP contribution in [0, 0.1) is 5.92 Å². The molecule has 1 saturated heterocycles. The van der Waals surface area contributed by atoms with Gasteiger partial charge in [-0.05, 0) is 48.6 Å². The van der Waals surface area contributed by atoms with E-state index in [1.54, 1.807) is 38.5 Å². The van der Waals surface area contributed by atoms with Crippen molar-refractivity contribution in [2.75, 3.05) is 32.2 Å². The second-order valence-corrected chi connectivity index (χ2v) is 7.77. The summed E-state index contributed by atoms with van der Waals surface area (Å²) in [5, 5.41) is 0. The zero-order chi connectivity index (χ0) is 21.3. The highest BCUT2D eigenvalue weighted by molar-refractivity contribution is 6.45. The van der Waals surface area contributed by atoms with Crippen molar-refractivity contribution >= 4 is 23.1 Å². The number of hydrogen-bond donors (Lipinski definition) is 0. The number of carbonyl (C=O) groups excluding carboxylic acids is 2. The second kappa shape index (κ2) is 8.22. The number of carbonyl (C=O) groups is 2. The molecule has 2 amide bonds. The molecule has 6 nitrogen and oxygen atoms in total. The Morgan fingerprint density at radius 3 is 2.33 bits per heavy atom. The van der Waals surface area contributed by atoms with Gasteiger partial charge < -0.3 is 14.4 Å². The lowest BCUT2D eigenvalue weighted by molar-refractivity contribution is -0.120. The maximum Gasteiger partial charge on any atom is 0.282 e. The van der Waals surface area contributed by atoms with Gasteiger partial charge in [-0.3, -0.25) is 9.59 Å². The summed E-state index contributed by atoms with van der Waals surface area (Å²) in [5.74, 6) is 0.974. The van der Waals surface area contributed by atoms with Crippen LogP contribution < -0.4 is 14.4 Å². The third-order valence-corrected chi connectivity index (χ3v) is 5.72. The Bertz CT molecular complexity index is 1000. The predicted octanol–water partition coefficient (Wildman–Crippen LogP) is 3.72. The number of rotatable bonds is 5. The number of benzene rings is 2. The Hall–Kier alpha value is -3.28. The molecule has 1 fully saturated rings. The van der Waals surface area contributed by atoms with E-state index < -0.39 is 0 Å². The summed E-state index contributed by atoms with van der Waals surface area (Å²) in [6, 6.07) is 14.4. The van der Waals surface area contributed by atoms with Crippen LogP contribution in [0.2, 0.25) is 0 Å². The van der Waals surface area contributed by atoms with E-state index in [1.807, 2.05) is 24.3 Å². The number of nitrogens with zero attached hydrogens (tertiary/aromatic N) is 2. The summed E-state index contributed by atoms with van der Waals surface area (Å²) in [5.41, 5.74) is 2.12. The maximum absolute atomic E-state index is 13.6. The quantitative estimate of drug-likeness (QED) is 0.709. The normalized spacial score (nSPS) is 19.5. The zero-order valence-electron chi connectivity index (χ0n) is 17.6. The molecule has 2 aliphatic heterocycles. The maximum atomic E-state index is 13.6. The van der Waals surface area contributed by atoms with Crippen molar-refractivity contribution in [3.63, 3.8) is 0 Å². The molecule has 0 N–H and O–H groups in total. The first kappa shape index (κ1) is 20.0. The van der Waals surface area contributed by atoms with Crippen molar-refractivity contribution in [2.24, 2.45) is 5.92 Å². The second-order valence-electron chi connectivity index (χ2n) is 7.77. The molecule has 2 heterocycles. The van der Waals surface area contributed by atoms with Gasteiger partial charge in [0.05, 0.1) is 25.5 Å². The minimum atomic E-state index is -0.313. The van der Waals surface area contributed by atoms with E-state index in [0.29, 0.717) is 39.9 Å². The monoisotopic (exact) mass is 406 g/mol. The van der Waals surface area contributed by atoms with Gasteiger partial charge in [0.2, 0.25) is 0 Å². The first-order chi connectivity index (χ1) is 14.5. The van der Waals surface area contributed by atoms with Gasteiger partial charge in [-0.15, -0.1) is 0 Å². The molecule has 6 heteroatoms. The number of para-hydroxylation sites is 1. The fraction of sp³-hybridized carbons (Fsp3) is 0.333. The van der Waals surface area contributed by atoms with Gasteiger partial charge >= 0.3 is 0 Å². The Labute approximate surface area is 176 Å². The smallest absolute Gasteiger partial charge is 0.282 e. The largest absolute Gasteiger partial charge is 0.493 e. The fourth-order valence-electron chi connectivity index (χ4n) is 4.27. The van der Waals surface area contributed by atoms with Crippen LogP contribution in [0.1, 0.15) is 25.3 Å². The van der Waals surface area contributed by atoms with Gasteiger partial charge in [0.15, 0.2) is 11.5 Å². The van der Waals surface area contributed by atoms with Gasteiger partial charge in [0, 0.05) is 13.1 Å². The van der Waals surface area contributed by atoms with Crippen LogP contribution in [0.15, 0.2) is 54.2 Å². The van der Waals surface area contributed by atoms with Crippen molar-refractivity contribution in [1.29, 1.82) is 0 Å². The van der Waals surface area contributed by atoms with Gasteiger partial charge in [-0.1, -0.05) is 31.2 Å². The summed E-state index contributed by atoms with van der Waals surface area (Å²) >= 11 is 0. The molecule has 0 aromatic heterocycles. The third-order valence-electron chi connectivity index (χ3n) is 5.72. The predicted molar refractivity (Wildman–Crippen MR) is 115 cm³/mol. The van der Waals surface area contributed by atoms with E-state index in [-0.39, 0.29) is 11.8 Å². The summed E-state index contributed by atoms with van der Waals surface area (Å²) in [6.45, 7) is 3.70.